The third-order valence-electron chi connectivity index (χ3n) is 2.97. The van der Waals surface area contributed by atoms with Gasteiger partial charge in [-0.25, -0.2) is 0 Å². The zero-order valence-corrected chi connectivity index (χ0v) is 11.9. The molecule has 0 aromatic heterocycles. The van der Waals surface area contributed by atoms with Gasteiger partial charge in [0.1, 0.15) is 0 Å². The van der Waals surface area contributed by atoms with E-state index < -0.39 is 0 Å². The number of nitrogens with zero attached hydrogens (tertiary/aromatic N) is 1. The average molecular weight is 264 g/mol. The summed E-state index contributed by atoms with van der Waals surface area (Å²) in [5, 5.41) is 0. The summed E-state index contributed by atoms with van der Waals surface area (Å²) in [5.74, 6) is 0.134. The molecule has 0 saturated heterocycles. The maximum Gasteiger partial charge on any atom is 0.227 e. The molecule has 106 valence electrons. The predicted octanol–water partition coefficient (Wildman–Crippen LogP) is 2.10. The van der Waals surface area contributed by atoms with E-state index in [1.807, 2.05) is 36.1 Å². The molecule has 1 rings (SSSR count). The Hall–Kier alpha value is -1.39. The molecule has 0 aliphatic carbocycles. The van der Waals surface area contributed by atoms with Gasteiger partial charge in [-0.2, -0.15) is 0 Å². The fourth-order valence-corrected chi connectivity index (χ4v) is 1.87. The van der Waals surface area contributed by atoms with Crippen LogP contribution >= 0.6 is 0 Å². The predicted molar refractivity (Wildman–Crippen MR) is 78.3 cm³/mol. The molecule has 1 amide bonds. The van der Waals surface area contributed by atoms with Crippen LogP contribution in [-0.4, -0.2) is 32.7 Å². The SMILES string of the molecule is COCCCC(=O)N(CCCN)c1ccc(C)cc1. The van der Waals surface area contributed by atoms with E-state index in [0.717, 1.165) is 18.5 Å². The molecule has 0 unspecified atom stereocenters. The van der Waals surface area contributed by atoms with E-state index in [-0.39, 0.29) is 5.91 Å². The zero-order valence-electron chi connectivity index (χ0n) is 11.9. The minimum atomic E-state index is 0.134. The standard InChI is InChI=1S/C15H24N2O2/c1-13-6-8-14(9-7-13)17(11-4-10-16)15(18)5-3-12-19-2/h6-9H,3-5,10-12,16H2,1-2H3. The minimum absolute atomic E-state index is 0.134. The minimum Gasteiger partial charge on any atom is -0.385 e. The van der Waals surface area contributed by atoms with Crippen LogP contribution in [-0.2, 0) is 9.53 Å². The number of rotatable bonds is 8. The number of carbonyl (C=O) groups excluding carboxylic acids is 1. The van der Waals surface area contributed by atoms with Crippen molar-refractivity contribution in [3.05, 3.63) is 29.8 Å². The number of methoxy groups -OCH3 is 1. The Morgan fingerprint density at radius 3 is 2.53 bits per heavy atom. The van der Waals surface area contributed by atoms with Crippen LogP contribution in [0.3, 0.4) is 0 Å². The van der Waals surface area contributed by atoms with Crippen LogP contribution in [0.5, 0.6) is 0 Å². The number of nitrogens with two attached hydrogens (primary N) is 1. The zero-order chi connectivity index (χ0) is 14.1. The Morgan fingerprint density at radius 1 is 1.26 bits per heavy atom. The van der Waals surface area contributed by atoms with Crippen LogP contribution in [0.25, 0.3) is 0 Å². The summed E-state index contributed by atoms with van der Waals surface area (Å²) in [6, 6.07) is 8.01. The molecule has 0 aliphatic heterocycles. The number of carbonyl (C=O) groups is 1. The van der Waals surface area contributed by atoms with Gasteiger partial charge >= 0.3 is 0 Å². The lowest BCUT2D eigenvalue weighted by molar-refractivity contribution is -0.118. The van der Waals surface area contributed by atoms with E-state index in [2.05, 4.69) is 0 Å². The molecule has 4 nitrogen and oxygen atoms in total. The van der Waals surface area contributed by atoms with Crippen molar-refractivity contribution in [1.82, 2.24) is 0 Å². The summed E-state index contributed by atoms with van der Waals surface area (Å²) in [7, 11) is 1.65. The van der Waals surface area contributed by atoms with Crippen LogP contribution in [0.1, 0.15) is 24.8 Å². The van der Waals surface area contributed by atoms with Gasteiger partial charge in [-0.3, -0.25) is 4.79 Å². The number of aryl methyl sites for hydroxylation is 1. The van der Waals surface area contributed by atoms with E-state index >= 15 is 0 Å². The molecule has 0 heterocycles. The quantitative estimate of drug-likeness (QED) is 0.732. The highest BCUT2D eigenvalue weighted by atomic mass is 16.5. The molecule has 0 radical (unpaired) electrons. The Kier molecular flexibility index (Phi) is 7.15. The Balaban J connectivity index is 2.70. The molecule has 0 aliphatic rings. The van der Waals surface area contributed by atoms with Gasteiger partial charge in [0.25, 0.3) is 0 Å². The lowest BCUT2D eigenvalue weighted by Gasteiger charge is -2.23. The highest BCUT2D eigenvalue weighted by Crippen LogP contribution is 2.17. The molecule has 2 N–H and O–H groups in total. The summed E-state index contributed by atoms with van der Waals surface area (Å²) in [6.45, 7) is 3.91. The third kappa shape index (κ3) is 5.41. The van der Waals surface area contributed by atoms with E-state index in [1.165, 1.54) is 5.56 Å². The van der Waals surface area contributed by atoms with Gasteiger partial charge in [-0.15, -0.1) is 0 Å². The van der Waals surface area contributed by atoms with Crippen LogP contribution in [0.4, 0.5) is 5.69 Å². The number of benzene rings is 1. The van der Waals surface area contributed by atoms with Crippen LogP contribution < -0.4 is 10.6 Å². The molecular weight excluding hydrogens is 240 g/mol. The lowest BCUT2D eigenvalue weighted by atomic mass is 10.2. The molecule has 1 aromatic carbocycles. The number of ether oxygens (including phenoxy) is 1. The molecule has 0 spiro atoms. The Labute approximate surface area is 115 Å². The maximum absolute atomic E-state index is 12.2. The first-order chi connectivity index (χ1) is 9.19. The second-order valence-corrected chi connectivity index (χ2v) is 4.62. The van der Waals surface area contributed by atoms with Gasteiger partial charge in [0.2, 0.25) is 5.91 Å². The van der Waals surface area contributed by atoms with Crippen molar-refractivity contribution in [3.63, 3.8) is 0 Å². The Bertz CT molecular complexity index is 376. The Morgan fingerprint density at radius 2 is 1.95 bits per heavy atom. The fourth-order valence-electron chi connectivity index (χ4n) is 1.87. The van der Waals surface area contributed by atoms with Crippen molar-refractivity contribution in [1.29, 1.82) is 0 Å². The first kappa shape index (κ1) is 15.7. The molecular formula is C15H24N2O2. The highest BCUT2D eigenvalue weighted by Gasteiger charge is 2.14. The normalized spacial score (nSPS) is 10.5. The van der Waals surface area contributed by atoms with Crippen LogP contribution in [0.2, 0.25) is 0 Å². The van der Waals surface area contributed by atoms with Crippen molar-refractivity contribution in [2.45, 2.75) is 26.2 Å². The molecule has 4 heteroatoms. The summed E-state index contributed by atoms with van der Waals surface area (Å²) >= 11 is 0. The number of amides is 1. The summed E-state index contributed by atoms with van der Waals surface area (Å²) in [5.41, 5.74) is 7.68. The largest absolute Gasteiger partial charge is 0.385 e. The molecule has 0 saturated carbocycles. The molecule has 19 heavy (non-hydrogen) atoms. The monoisotopic (exact) mass is 264 g/mol. The summed E-state index contributed by atoms with van der Waals surface area (Å²) < 4.78 is 4.98. The second kappa shape index (κ2) is 8.67. The molecule has 0 atom stereocenters. The average Bonchev–Trinajstić information content (AvgIpc) is 2.41. The van der Waals surface area contributed by atoms with Gasteiger partial charge < -0.3 is 15.4 Å². The van der Waals surface area contributed by atoms with E-state index in [1.54, 1.807) is 7.11 Å². The van der Waals surface area contributed by atoms with Crippen molar-refractivity contribution >= 4 is 11.6 Å². The molecule has 1 aromatic rings. The van der Waals surface area contributed by atoms with Gasteiger partial charge in [0.05, 0.1) is 0 Å². The van der Waals surface area contributed by atoms with Crippen molar-refractivity contribution in [2.24, 2.45) is 5.73 Å². The van der Waals surface area contributed by atoms with Gasteiger partial charge in [0.15, 0.2) is 0 Å². The fraction of sp³-hybridized carbons (Fsp3) is 0.533. The number of hydrogen-bond donors (Lipinski definition) is 1. The molecule has 0 fully saturated rings. The van der Waals surface area contributed by atoms with Gasteiger partial charge in [-0.1, -0.05) is 17.7 Å². The topological polar surface area (TPSA) is 55.6 Å². The number of anilines is 1. The van der Waals surface area contributed by atoms with Crippen molar-refractivity contribution < 1.29 is 9.53 Å². The van der Waals surface area contributed by atoms with E-state index in [4.69, 9.17) is 10.5 Å². The number of hydrogen-bond acceptors (Lipinski definition) is 3. The van der Waals surface area contributed by atoms with E-state index in [9.17, 15) is 4.79 Å². The smallest absolute Gasteiger partial charge is 0.227 e. The maximum atomic E-state index is 12.2. The van der Waals surface area contributed by atoms with Gasteiger partial charge in [-0.05, 0) is 38.4 Å². The molecule has 0 bridgehead atoms. The third-order valence-corrected chi connectivity index (χ3v) is 2.97. The first-order valence-electron chi connectivity index (χ1n) is 6.75. The summed E-state index contributed by atoms with van der Waals surface area (Å²) in [4.78, 5) is 14.1. The van der Waals surface area contributed by atoms with E-state index in [0.29, 0.717) is 26.1 Å². The van der Waals surface area contributed by atoms with Crippen molar-refractivity contribution in [2.75, 3.05) is 31.7 Å². The second-order valence-electron chi connectivity index (χ2n) is 4.62. The van der Waals surface area contributed by atoms with Crippen molar-refractivity contribution in [3.8, 4) is 0 Å². The van der Waals surface area contributed by atoms with Gasteiger partial charge in [0, 0.05) is 32.4 Å². The summed E-state index contributed by atoms with van der Waals surface area (Å²) in [6.07, 6.45) is 2.07. The first-order valence-corrected chi connectivity index (χ1v) is 6.75. The highest BCUT2D eigenvalue weighted by molar-refractivity contribution is 5.93. The lowest BCUT2D eigenvalue weighted by Crippen LogP contribution is -2.32. The van der Waals surface area contributed by atoms with Crippen LogP contribution in [0.15, 0.2) is 24.3 Å². The van der Waals surface area contributed by atoms with Crippen LogP contribution in [0, 0.1) is 6.92 Å².